The van der Waals surface area contributed by atoms with Gasteiger partial charge in [0, 0.05) is 11.6 Å². The van der Waals surface area contributed by atoms with Crippen LogP contribution in [0.5, 0.6) is 0 Å². The summed E-state index contributed by atoms with van der Waals surface area (Å²) in [6, 6.07) is 3.03. The van der Waals surface area contributed by atoms with Crippen LogP contribution in [0.15, 0.2) is 17.0 Å². The molecule has 1 aromatic rings. The molecule has 0 aliphatic heterocycles. The lowest BCUT2D eigenvalue weighted by Crippen LogP contribution is -2.17. The van der Waals surface area contributed by atoms with Crippen molar-refractivity contribution in [1.82, 2.24) is 0 Å². The van der Waals surface area contributed by atoms with E-state index in [1.807, 2.05) is 6.92 Å². The van der Waals surface area contributed by atoms with E-state index in [1.54, 1.807) is 6.92 Å². The second kappa shape index (κ2) is 4.94. The summed E-state index contributed by atoms with van der Waals surface area (Å²) in [5.74, 6) is 0.128. The summed E-state index contributed by atoms with van der Waals surface area (Å²) in [4.78, 5) is 11.9. The monoisotopic (exact) mass is 282 g/mol. The maximum Gasteiger partial charge on any atom is 0.238 e. The number of sulfonamides is 1. The largest absolute Gasteiger partial charge is 0.325 e. The number of carbonyl (C=O) groups excluding carboxylic acids is 1. The van der Waals surface area contributed by atoms with Gasteiger partial charge >= 0.3 is 0 Å². The second-order valence-electron chi connectivity index (χ2n) is 4.94. The van der Waals surface area contributed by atoms with Crippen molar-refractivity contribution in [3.63, 3.8) is 0 Å². The number of nitrogens with one attached hydrogen (secondary N) is 1. The molecule has 0 radical (unpaired) electrons. The van der Waals surface area contributed by atoms with Crippen molar-refractivity contribution < 1.29 is 13.2 Å². The lowest BCUT2D eigenvalue weighted by molar-refractivity contribution is -0.117. The van der Waals surface area contributed by atoms with Gasteiger partial charge in [0.15, 0.2) is 0 Å². The Morgan fingerprint density at radius 3 is 2.53 bits per heavy atom. The van der Waals surface area contributed by atoms with Crippen LogP contribution in [-0.2, 0) is 21.2 Å². The summed E-state index contributed by atoms with van der Waals surface area (Å²) in [6.45, 7) is 3.69. The number of rotatable bonds is 4. The van der Waals surface area contributed by atoms with Gasteiger partial charge in [0.2, 0.25) is 15.9 Å². The molecule has 0 atom stereocenters. The van der Waals surface area contributed by atoms with Crippen LogP contribution in [0.1, 0.15) is 30.9 Å². The molecule has 0 heterocycles. The molecule has 1 aromatic carbocycles. The van der Waals surface area contributed by atoms with Crippen molar-refractivity contribution in [1.29, 1.82) is 0 Å². The Balaban J connectivity index is 2.40. The zero-order chi connectivity index (χ0) is 14.2. The van der Waals surface area contributed by atoms with Gasteiger partial charge in [0.1, 0.15) is 0 Å². The molecule has 0 unspecified atom stereocenters. The van der Waals surface area contributed by atoms with E-state index in [4.69, 9.17) is 5.14 Å². The second-order valence-corrected chi connectivity index (χ2v) is 6.50. The van der Waals surface area contributed by atoms with Crippen molar-refractivity contribution in [2.24, 2.45) is 11.1 Å². The Hall–Kier alpha value is -1.40. The minimum Gasteiger partial charge on any atom is -0.325 e. The van der Waals surface area contributed by atoms with Gasteiger partial charge < -0.3 is 5.32 Å². The first kappa shape index (κ1) is 14.0. The van der Waals surface area contributed by atoms with Gasteiger partial charge in [-0.15, -0.1) is 0 Å². The van der Waals surface area contributed by atoms with Gasteiger partial charge in [-0.3, -0.25) is 4.79 Å². The molecule has 104 valence electrons. The van der Waals surface area contributed by atoms with Gasteiger partial charge in [-0.2, -0.15) is 0 Å². The molecule has 1 amide bonds. The Kier molecular flexibility index (Phi) is 3.64. The first-order valence-electron chi connectivity index (χ1n) is 6.30. The highest BCUT2D eigenvalue weighted by atomic mass is 32.2. The van der Waals surface area contributed by atoms with Crippen LogP contribution in [0.3, 0.4) is 0 Å². The molecular formula is C13H18N2O3S. The summed E-state index contributed by atoms with van der Waals surface area (Å²) >= 11 is 0. The highest BCUT2D eigenvalue weighted by Crippen LogP contribution is 2.32. The van der Waals surface area contributed by atoms with Crippen LogP contribution in [0, 0.1) is 12.8 Å². The van der Waals surface area contributed by atoms with E-state index in [2.05, 4.69) is 5.32 Å². The third kappa shape index (κ3) is 3.13. The zero-order valence-corrected chi connectivity index (χ0v) is 11.9. The van der Waals surface area contributed by atoms with Crippen molar-refractivity contribution >= 4 is 21.6 Å². The Morgan fingerprint density at radius 2 is 2.05 bits per heavy atom. The highest BCUT2D eigenvalue weighted by Gasteiger charge is 2.30. The SMILES string of the molecule is CCc1cc(S(N)(=O)=O)cc(C)c1NC(=O)C1CC1. The Labute approximate surface area is 113 Å². The van der Waals surface area contributed by atoms with Crippen LogP contribution >= 0.6 is 0 Å². The normalized spacial score (nSPS) is 15.3. The van der Waals surface area contributed by atoms with Crippen molar-refractivity contribution in [3.05, 3.63) is 23.3 Å². The van der Waals surface area contributed by atoms with E-state index in [9.17, 15) is 13.2 Å². The van der Waals surface area contributed by atoms with E-state index < -0.39 is 10.0 Å². The third-order valence-corrected chi connectivity index (χ3v) is 4.19. The van der Waals surface area contributed by atoms with Crippen LogP contribution in [0.2, 0.25) is 0 Å². The Bertz CT molecular complexity index is 619. The molecule has 1 saturated carbocycles. The number of hydrogen-bond acceptors (Lipinski definition) is 3. The topological polar surface area (TPSA) is 89.3 Å². The molecule has 0 bridgehead atoms. The fourth-order valence-corrected chi connectivity index (χ4v) is 2.66. The summed E-state index contributed by atoms with van der Waals surface area (Å²) in [5.41, 5.74) is 2.22. The molecule has 1 aliphatic carbocycles. The molecule has 19 heavy (non-hydrogen) atoms. The van der Waals surface area contributed by atoms with E-state index in [-0.39, 0.29) is 16.7 Å². The fraction of sp³-hybridized carbons (Fsp3) is 0.462. The zero-order valence-electron chi connectivity index (χ0n) is 11.1. The Morgan fingerprint density at radius 1 is 1.42 bits per heavy atom. The number of amides is 1. The number of carbonyl (C=O) groups is 1. The van der Waals surface area contributed by atoms with E-state index in [0.29, 0.717) is 12.1 Å². The standard InChI is InChI=1S/C13H18N2O3S/c1-3-9-7-11(19(14,17)18)6-8(2)12(9)15-13(16)10-4-5-10/h6-7,10H,3-5H2,1-2H3,(H,15,16)(H2,14,17,18). The molecule has 0 saturated heterocycles. The average Bonchev–Trinajstić information content (AvgIpc) is 3.13. The van der Waals surface area contributed by atoms with Gasteiger partial charge in [-0.1, -0.05) is 6.92 Å². The van der Waals surface area contributed by atoms with Gasteiger partial charge in [0.25, 0.3) is 0 Å². The molecule has 1 fully saturated rings. The van der Waals surface area contributed by atoms with E-state index in [1.165, 1.54) is 12.1 Å². The molecule has 0 aromatic heterocycles. The number of aryl methyl sites for hydroxylation is 2. The van der Waals surface area contributed by atoms with E-state index >= 15 is 0 Å². The van der Waals surface area contributed by atoms with Crippen LogP contribution in [0.25, 0.3) is 0 Å². The number of hydrogen-bond donors (Lipinski definition) is 2. The third-order valence-electron chi connectivity index (χ3n) is 3.30. The number of benzene rings is 1. The maximum atomic E-state index is 11.8. The lowest BCUT2D eigenvalue weighted by atomic mass is 10.1. The number of anilines is 1. The summed E-state index contributed by atoms with van der Waals surface area (Å²) in [5, 5.41) is 8.04. The summed E-state index contributed by atoms with van der Waals surface area (Å²) < 4.78 is 22.8. The average molecular weight is 282 g/mol. The number of nitrogens with two attached hydrogens (primary N) is 1. The van der Waals surface area contributed by atoms with Crippen LogP contribution in [0.4, 0.5) is 5.69 Å². The van der Waals surface area contributed by atoms with Crippen LogP contribution in [-0.4, -0.2) is 14.3 Å². The maximum absolute atomic E-state index is 11.8. The quantitative estimate of drug-likeness (QED) is 0.878. The molecule has 0 spiro atoms. The fourth-order valence-electron chi connectivity index (χ4n) is 2.02. The van der Waals surface area contributed by atoms with Crippen LogP contribution < -0.4 is 10.5 Å². The van der Waals surface area contributed by atoms with Crippen molar-refractivity contribution in [2.75, 3.05) is 5.32 Å². The first-order chi connectivity index (χ1) is 8.82. The highest BCUT2D eigenvalue weighted by molar-refractivity contribution is 7.89. The predicted molar refractivity (Wildman–Crippen MR) is 73.3 cm³/mol. The van der Waals surface area contributed by atoms with Gasteiger partial charge in [-0.25, -0.2) is 13.6 Å². The molecule has 1 aliphatic rings. The molecule has 2 rings (SSSR count). The van der Waals surface area contributed by atoms with Crippen molar-refractivity contribution in [3.8, 4) is 0 Å². The lowest BCUT2D eigenvalue weighted by Gasteiger charge is -2.14. The predicted octanol–water partition coefficient (Wildman–Crippen LogP) is 1.55. The molecule has 6 heteroatoms. The van der Waals surface area contributed by atoms with Gasteiger partial charge in [0.05, 0.1) is 4.90 Å². The number of primary sulfonamides is 1. The molecular weight excluding hydrogens is 264 g/mol. The summed E-state index contributed by atoms with van der Waals surface area (Å²) in [7, 11) is -3.72. The minimum atomic E-state index is -3.72. The minimum absolute atomic E-state index is 0.0150. The molecule has 5 nitrogen and oxygen atoms in total. The molecule has 3 N–H and O–H groups in total. The first-order valence-corrected chi connectivity index (χ1v) is 7.84. The van der Waals surface area contributed by atoms with Gasteiger partial charge in [-0.05, 0) is 49.4 Å². The van der Waals surface area contributed by atoms with E-state index in [0.717, 1.165) is 24.0 Å². The summed E-state index contributed by atoms with van der Waals surface area (Å²) in [6.07, 6.45) is 2.49. The van der Waals surface area contributed by atoms with Crippen molar-refractivity contribution in [2.45, 2.75) is 38.0 Å². The smallest absolute Gasteiger partial charge is 0.238 e.